The van der Waals surface area contributed by atoms with Gasteiger partial charge in [0.15, 0.2) is 0 Å². The highest BCUT2D eigenvalue weighted by molar-refractivity contribution is 5.96. The van der Waals surface area contributed by atoms with Crippen LogP contribution in [0.5, 0.6) is 0 Å². The first-order valence-electron chi connectivity index (χ1n) is 3.46. The minimum absolute atomic E-state index is 0.0916. The highest BCUT2D eigenvalue weighted by Gasteiger charge is 2.19. The lowest BCUT2D eigenvalue weighted by molar-refractivity contribution is -0.299. The highest BCUT2D eigenvalue weighted by Crippen LogP contribution is 2.17. The lowest BCUT2D eigenvalue weighted by Gasteiger charge is -2.34. The molecular formula is C7H5NO6-2. The monoisotopic (exact) mass is 199 g/mol. The van der Waals surface area contributed by atoms with Crippen molar-refractivity contribution in [2.24, 2.45) is 0 Å². The van der Waals surface area contributed by atoms with Crippen molar-refractivity contribution in [1.29, 1.82) is 0 Å². The van der Waals surface area contributed by atoms with Gasteiger partial charge in [0.1, 0.15) is 0 Å². The summed E-state index contributed by atoms with van der Waals surface area (Å²) < 4.78 is 0. The van der Waals surface area contributed by atoms with E-state index in [-0.39, 0.29) is 5.06 Å². The second kappa shape index (κ2) is 3.38. The molecule has 0 unspecified atom stereocenters. The van der Waals surface area contributed by atoms with E-state index in [1.807, 2.05) is 0 Å². The number of hydrogen-bond donors (Lipinski definition) is 2. The molecule has 0 atom stereocenters. The fourth-order valence-electron chi connectivity index (χ4n) is 0.956. The Kier molecular flexibility index (Phi) is 2.43. The Morgan fingerprint density at radius 3 is 2.36 bits per heavy atom. The quantitative estimate of drug-likeness (QED) is 0.552. The Balaban J connectivity index is 3.18. The van der Waals surface area contributed by atoms with Crippen LogP contribution in [0, 0.1) is 5.21 Å². The van der Waals surface area contributed by atoms with Gasteiger partial charge in [-0.3, -0.25) is 0 Å². The molecule has 0 saturated heterocycles. The van der Waals surface area contributed by atoms with Crippen LogP contribution in [0.2, 0.25) is 0 Å². The topological polar surface area (TPSA) is 124 Å². The van der Waals surface area contributed by atoms with Crippen molar-refractivity contribution >= 4 is 11.9 Å². The van der Waals surface area contributed by atoms with Gasteiger partial charge in [-0.1, -0.05) is 5.76 Å². The summed E-state index contributed by atoms with van der Waals surface area (Å²) in [5.41, 5.74) is -1.57. The Morgan fingerprint density at radius 2 is 1.93 bits per heavy atom. The van der Waals surface area contributed by atoms with Crippen molar-refractivity contribution in [3.8, 4) is 0 Å². The molecule has 2 N–H and O–H groups in total. The maximum absolute atomic E-state index is 11.1. The lowest BCUT2D eigenvalue weighted by atomic mass is 10.1. The van der Waals surface area contributed by atoms with Crippen LogP contribution in [0.1, 0.15) is 0 Å². The van der Waals surface area contributed by atoms with Crippen LogP contribution in [0.15, 0.2) is 23.1 Å². The van der Waals surface area contributed by atoms with E-state index in [2.05, 4.69) is 0 Å². The molecular weight excluding hydrogens is 194 g/mol. The number of carbonyl (C=O) groups is 2. The van der Waals surface area contributed by atoms with Crippen molar-refractivity contribution in [3.05, 3.63) is 28.3 Å². The molecule has 0 aliphatic carbocycles. The van der Waals surface area contributed by atoms with Gasteiger partial charge < -0.3 is 25.6 Å². The zero-order valence-corrected chi connectivity index (χ0v) is 6.76. The number of rotatable bonds is 2. The van der Waals surface area contributed by atoms with Crippen molar-refractivity contribution in [3.63, 3.8) is 0 Å². The van der Waals surface area contributed by atoms with Gasteiger partial charge in [-0.2, -0.15) is 0 Å². The van der Waals surface area contributed by atoms with E-state index in [0.717, 1.165) is 0 Å². The van der Waals surface area contributed by atoms with Crippen molar-refractivity contribution in [2.45, 2.75) is 0 Å². The second-order valence-corrected chi connectivity index (χ2v) is 2.54. The third kappa shape index (κ3) is 1.67. The summed E-state index contributed by atoms with van der Waals surface area (Å²) in [6.45, 7) is -0.634. The van der Waals surface area contributed by atoms with Crippen LogP contribution in [0.25, 0.3) is 0 Å². The maximum atomic E-state index is 11.1. The van der Waals surface area contributed by atoms with E-state index in [9.17, 15) is 19.9 Å². The molecule has 0 saturated carbocycles. The molecule has 0 spiro atoms. The number of hydroxylamine groups is 2. The average Bonchev–Trinajstić information content (AvgIpc) is 2.07. The van der Waals surface area contributed by atoms with Crippen molar-refractivity contribution in [2.75, 3.05) is 6.54 Å². The van der Waals surface area contributed by atoms with Crippen LogP contribution in [0.4, 0.5) is 0 Å². The molecule has 7 nitrogen and oxygen atoms in total. The first kappa shape index (κ1) is 10.1. The highest BCUT2D eigenvalue weighted by atomic mass is 16.5. The molecule has 0 aromatic carbocycles. The molecule has 0 aromatic rings. The van der Waals surface area contributed by atoms with Gasteiger partial charge in [0.2, 0.25) is 0 Å². The Hall–Kier alpha value is -2.02. The molecule has 0 aromatic heterocycles. The molecule has 76 valence electrons. The van der Waals surface area contributed by atoms with E-state index >= 15 is 0 Å². The van der Waals surface area contributed by atoms with Gasteiger partial charge in [-0.05, 0) is 0 Å². The molecule has 1 heterocycles. The Bertz CT molecular complexity index is 355. The van der Waals surface area contributed by atoms with E-state index in [4.69, 9.17) is 10.2 Å². The molecule has 1 aliphatic rings. The first-order valence-corrected chi connectivity index (χ1v) is 3.46. The summed E-state index contributed by atoms with van der Waals surface area (Å²) in [6.07, 6.45) is 0.567. The summed E-state index contributed by atoms with van der Waals surface area (Å²) in [5, 5.41) is 38.9. The van der Waals surface area contributed by atoms with Gasteiger partial charge in [-0.25, -0.2) is 9.59 Å². The number of nitrogens with zero attached hydrogens (tertiary/aromatic N) is 1. The normalized spacial score (nSPS) is 16.6. The molecule has 7 heteroatoms. The molecule has 0 bridgehead atoms. The SMILES string of the molecule is O=C(O)C1=CN([O-])CC(C(=O)O)=C1[O-]. The van der Waals surface area contributed by atoms with Gasteiger partial charge in [0.05, 0.1) is 5.57 Å². The third-order valence-electron chi connectivity index (χ3n) is 1.59. The van der Waals surface area contributed by atoms with Crippen LogP contribution in [0.3, 0.4) is 0 Å². The van der Waals surface area contributed by atoms with Gasteiger partial charge in [0, 0.05) is 18.3 Å². The minimum atomic E-state index is -1.62. The van der Waals surface area contributed by atoms with Crippen molar-refractivity contribution < 1.29 is 24.9 Å². The molecule has 0 fully saturated rings. The molecule has 0 radical (unpaired) electrons. The predicted octanol–water partition coefficient (Wildman–Crippen LogP) is -1.53. The fraction of sp³-hybridized carbons (Fsp3) is 0.143. The van der Waals surface area contributed by atoms with Crippen LogP contribution in [-0.2, 0) is 9.59 Å². The molecule has 1 aliphatic heterocycles. The summed E-state index contributed by atoms with van der Waals surface area (Å²) in [5.74, 6) is -4.32. The third-order valence-corrected chi connectivity index (χ3v) is 1.59. The predicted molar refractivity (Wildman–Crippen MR) is 40.5 cm³/mol. The first-order chi connectivity index (χ1) is 6.43. The van der Waals surface area contributed by atoms with Crippen molar-refractivity contribution in [1.82, 2.24) is 5.06 Å². The standard InChI is InChI=1S/C7H6NO6/c9-5-3(6(10)11)1-8(14)2-4(5)7(12)13/h1,9H,2H2,(H,10,11)(H,12,13)/q-1/p-1. The van der Waals surface area contributed by atoms with E-state index in [1.165, 1.54) is 0 Å². The fourth-order valence-corrected chi connectivity index (χ4v) is 0.956. The average molecular weight is 199 g/mol. The van der Waals surface area contributed by atoms with E-state index < -0.39 is 35.4 Å². The Labute approximate surface area is 77.8 Å². The summed E-state index contributed by atoms with van der Waals surface area (Å²) in [4.78, 5) is 20.9. The molecule has 14 heavy (non-hydrogen) atoms. The number of carboxylic acid groups (broad SMARTS) is 2. The molecule has 0 amide bonds. The maximum Gasteiger partial charge on any atom is 0.336 e. The van der Waals surface area contributed by atoms with Crippen LogP contribution < -0.4 is 5.11 Å². The summed E-state index contributed by atoms with van der Waals surface area (Å²) in [7, 11) is 0. The van der Waals surface area contributed by atoms with Gasteiger partial charge in [0.25, 0.3) is 0 Å². The van der Waals surface area contributed by atoms with Crippen LogP contribution in [-0.4, -0.2) is 33.8 Å². The second-order valence-electron chi connectivity index (χ2n) is 2.54. The van der Waals surface area contributed by atoms with E-state index in [0.29, 0.717) is 6.20 Å². The molecule has 1 rings (SSSR count). The van der Waals surface area contributed by atoms with E-state index in [1.54, 1.807) is 0 Å². The van der Waals surface area contributed by atoms with Gasteiger partial charge >= 0.3 is 11.9 Å². The zero-order valence-electron chi connectivity index (χ0n) is 6.76. The summed E-state index contributed by atoms with van der Waals surface area (Å²) in [6, 6.07) is 0. The largest absolute Gasteiger partial charge is 0.871 e. The zero-order chi connectivity index (χ0) is 10.9. The van der Waals surface area contributed by atoms with Gasteiger partial charge in [-0.15, -0.1) is 0 Å². The minimum Gasteiger partial charge on any atom is -0.871 e. The Morgan fingerprint density at radius 1 is 1.36 bits per heavy atom. The number of hydrogen-bond acceptors (Lipinski definition) is 5. The smallest absolute Gasteiger partial charge is 0.336 e. The number of aliphatic carboxylic acids is 2. The van der Waals surface area contributed by atoms with Crippen LogP contribution >= 0.6 is 0 Å². The number of carboxylic acids is 2. The lowest BCUT2D eigenvalue weighted by Crippen LogP contribution is -2.31. The summed E-state index contributed by atoms with van der Waals surface area (Å²) >= 11 is 0.